The van der Waals surface area contributed by atoms with Gasteiger partial charge in [-0.05, 0) is 36.9 Å². The molecule has 0 unspecified atom stereocenters. The highest BCUT2D eigenvalue weighted by atomic mass is 35.5. The van der Waals surface area contributed by atoms with Gasteiger partial charge in [-0.2, -0.15) is 0 Å². The van der Waals surface area contributed by atoms with Crippen LogP contribution in [0.25, 0.3) is 0 Å². The van der Waals surface area contributed by atoms with E-state index in [1.165, 1.54) is 0 Å². The van der Waals surface area contributed by atoms with Crippen LogP contribution in [0.5, 0.6) is 0 Å². The fraction of sp³-hybridized carbons (Fsp3) is 0.278. The van der Waals surface area contributed by atoms with Crippen LogP contribution in [0.3, 0.4) is 0 Å². The molecule has 2 nitrogen and oxygen atoms in total. The summed E-state index contributed by atoms with van der Waals surface area (Å²) in [4.78, 5) is 15.1. The van der Waals surface area contributed by atoms with Crippen LogP contribution in [0.2, 0.25) is 10.0 Å². The van der Waals surface area contributed by atoms with Crippen molar-refractivity contribution in [2.45, 2.75) is 5.92 Å². The van der Waals surface area contributed by atoms with Gasteiger partial charge in [0.05, 0.1) is 5.02 Å². The third-order valence-electron chi connectivity index (χ3n) is 4.28. The molecule has 3 rings (SSSR count). The summed E-state index contributed by atoms with van der Waals surface area (Å²) in [6.45, 7) is 1.61. The van der Waals surface area contributed by atoms with Crippen molar-refractivity contribution < 1.29 is 4.79 Å². The SMILES string of the molecule is CN1C[C@H](C(=O)c2ccccc2Cl)[C@@H](c2ccc(Cl)cc2)C1. The average Bonchev–Trinajstić information content (AvgIpc) is 2.90. The third kappa shape index (κ3) is 3.05. The maximum Gasteiger partial charge on any atom is 0.169 e. The fourth-order valence-electron chi connectivity index (χ4n) is 3.17. The predicted molar refractivity (Wildman–Crippen MR) is 91.0 cm³/mol. The van der Waals surface area contributed by atoms with E-state index in [-0.39, 0.29) is 17.6 Å². The molecule has 0 bridgehead atoms. The largest absolute Gasteiger partial charge is 0.305 e. The molecule has 2 atom stereocenters. The number of halogens is 2. The number of hydrogen-bond donors (Lipinski definition) is 0. The van der Waals surface area contributed by atoms with Crippen molar-refractivity contribution in [1.82, 2.24) is 4.90 Å². The molecule has 0 aliphatic carbocycles. The monoisotopic (exact) mass is 333 g/mol. The number of ketones is 1. The molecule has 22 heavy (non-hydrogen) atoms. The maximum atomic E-state index is 12.9. The molecule has 0 amide bonds. The highest BCUT2D eigenvalue weighted by Gasteiger charge is 2.37. The van der Waals surface area contributed by atoms with Crippen LogP contribution in [-0.2, 0) is 0 Å². The molecular weight excluding hydrogens is 317 g/mol. The van der Waals surface area contributed by atoms with Gasteiger partial charge in [0.1, 0.15) is 0 Å². The van der Waals surface area contributed by atoms with Gasteiger partial charge in [0, 0.05) is 35.5 Å². The predicted octanol–water partition coefficient (Wildman–Crippen LogP) is 4.52. The smallest absolute Gasteiger partial charge is 0.169 e. The van der Waals surface area contributed by atoms with Crippen LogP contribution in [0.1, 0.15) is 21.8 Å². The van der Waals surface area contributed by atoms with Crippen LogP contribution in [0.15, 0.2) is 48.5 Å². The summed E-state index contributed by atoms with van der Waals surface area (Å²) in [6.07, 6.45) is 0. The Balaban J connectivity index is 1.92. The summed E-state index contributed by atoms with van der Waals surface area (Å²) in [5.74, 6) is 0.215. The van der Waals surface area contributed by atoms with Gasteiger partial charge in [0.2, 0.25) is 0 Å². The number of likely N-dealkylation sites (N-methyl/N-ethyl adjacent to an activating group) is 1. The Morgan fingerprint density at radius 2 is 1.73 bits per heavy atom. The van der Waals surface area contributed by atoms with Gasteiger partial charge in [-0.1, -0.05) is 47.5 Å². The van der Waals surface area contributed by atoms with Crippen LogP contribution < -0.4 is 0 Å². The van der Waals surface area contributed by atoms with Crippen molar-refractivity contribution in [2.75, 3.05) is 20.1 Å². The first kappa shape index (κ1) is 15.5. The molecule has 1 aliphatic heterocycles. The molecule has 2 aromatic rings. The van der Waals surface area contributed by atoms with Crippen molar-refractivity contribution in [3.8, 4) is 0 Å². The van der Waals surface area contributed by atoms with Crippen LogP contribution in [-0.4, -0.2) is 30.8 Å². The number of nitrogens with zero attached hydrogens (tertiary/aromatic N) is 1. The topological polar surface area (TPSA) is 20.3 Å². The van der Waals surface area contributed by atoms with Crippen molar-refractivity contribution in [3.05, 3.63) is 69.7 Å². The van der Waals surface area contributed by atoms with Crippen molar-refractivity contribution in [2.24, 2.45) is 5.92 Å². The number of carbonyl (C=O) groups is 1. The lowest BCUT2D eigenvalue weighted by Gasteiger charge is -2.18. The summed E-state index contributed by atoms with van der Waals surface area (Å²) in [5.41, 5.74) is 1.77. The van der Waals surface area contributed by atoms with E-state index in [4.69, 9.17) is 23.2 Å². The molecular formula is C18H17Cl2NO. The number of likely N-dealkylation sites (tertiary alicyclic amines) is 1. The Bertz CT molecular complexity index is 684. The minimum atomic E-state index is -0.0777. The molecule has 2 aromatic carbocycles. The maximum absolute atomic E-state index is 12.9. The average molecular weight is 334 g/mol. The summed E-state index contributed by atoms with van der Waals surface area (Å²) < 4.78 is 0. The highest BCUT2D eigenvalue weighted by Crippen LogP contribution is 2.35. The molecule has 1 saturated heterocycles. The lowest BCUT2D eigenvalue weighted by Crippen LogP contribution is -2.22. The van der Waals surface area contributed by atoms with Gasteiger partial charge in [0.15, 0.2) is 5.78 Å². The Hall–Kier alpha value is -1.35. The molecule has 4 heteroatoms. The first-order valence-electron chi connectivity index (χ1n) is 7.29. The quantitative estimate of drug-likeness (QED) is 0.769. The standard InChI is InChI=1S/C18H17Cl2NO/c1-21-10-15(12-6-8-13(19)9-7-12)16(11-21)18(22)14-4-2-3-5-17(14)20/h2-9,15-16H,10-11H2,1H3/t15-,16+/m1/s1. The zero-order valence-electron chi connectivity index (χ0n) is 12.3. The van der Waals surface area contributed by atoms with E-state index in [9.17, 15) is 4.79 Å². The minimum absolute atomic E-state index is 0.0777. The lowest BCUT2D eigenvalue weighted by molar-refractivity contribution is 0.0916. The summed E-state index contributed by atoms with van der Waals surface area (Å²) >= 11 is 12.2. The van der Waals surface area contributed by atoms with Gasteiger partial charge >= 0.3 is 0 Å². The molecule has 114 valence electrons. The van der Waals surface area contributed by atoms with Crippen molar-refractivity contribution >= 4 is 29.0 Å². The molecule has 0 aromatic heterocycles. The zero-order valence-corrected chi connectivity index (χ0v) is 13.8. The number of Topliss-reactive ketones (excluding diaryl/α,β-unsaturated/α-hetero) is 1. The molecule has 0 N–H and O–H groups in total. The Labute approximate surface area is 140 Å². The van der Waals surface area contributed by atoms with E-state index in [0.717, 1.165) is 18.7 Å². The summed E-state index contributed by atoms with van der Waals surface area (Å²) in [5, 5.41) is 1.24. The molecule has 0 spiro atoms. The second-order valence-electron chi connectivity index (χ2n) is 5.83. The molecule has 1 fully saturated rings. The van der Waals surface area contributed by atoms with Gasteiger partial charge < -0.3 is 4.90 Å². The number of benzene rings is 2. The summed E-state index contributed by atoms with van der Waals surface area (Å²) in [7, 11) is 2.04. The third-order valence-corrected chi connectivity index (χ3v) is 4.86. The molecule has 0 saturated carbocycles. The van der Waals surface area contributed by atoms with Crippen molar-refractivity contribution in [1.29, 1.82) is 0 Å². The molecule has 1 aliphatic rings. The first-order valence-corrected chi connectivity index (χ1v) is 8.04. The van der Waals surface area contributed by atoms with Crippen LogP contribution >= 0.6 is 23.2 Å². The Morgan fingerprint density at radius 3 is 2.41 bits per heavy atom. The van der Waals surface area contributed by atoms with Gasteiger partial charge in [0.25, 0.3) is 0 Å². The van der Waals surface area contributed by atoms with Crippen molar-refractivity contribution in [3.63, 3.8) is 0 Å². The van der Waals surface area contributed by atoms with Crippen LogP contribution in [0, 0.1) is 5.92 Å². The summed E-state index contributed by atoms with van der Waals surface area (Å²) in [6, 6.07) is 15.1. The molecule has 1 heterocycles. The number of rotatable bonds is 3. The second-order valence-corrected chi connectivity index (χ2v) is 6.67. The number of hydrogen-bond acceptors (Lipinski definition) is 2. The lowest BCUT2D eigenvalue weighted by atomic mass is 9.84. The van der Waals surface area contributed by atoms with E-state index >= 15 is 0 Å². The van der Waals surface area contributed by atoms with E-state index in [1.54, 1.807) is 6.07 Å². The van der Waals surface area contributed by atoms with Gasteiger partial charge in [-0.15, -0.1) is 0 Å². The molecule has 0 radical (unpaired) electrons. The first-order chi connectivity index (χ1) is 10.6. The van der Waals surface area contributed by atoms with Crippen LogP contribution in [0.4, 0.5) is 0 Å². The Kier molecular flexibility index (Phi) is 4.53. The zero-order chi connectivity index (χ0) is 15.7. The minimum Gasteiger partial charge on any atom is -0.305 e. The van der Waals surface area contributed by atoms with Gasteiger partial charge in [-0.25, -0.2) is 0 Å². The Morgan fingerprint density at radius 1 is 1.05 bits per heavy atom. The van der Waals surface area contributed by atoms with E-state index in [2.05, 4.69) is 4.90 Å². The van der Waals surface area contributed by atoms with E-state index < -0.39 is 0 Å². The van der Waals surface area contributed by atoms with Gasteiger partial charge in [-0.3, -0.25) is 4.79 Å². The second kappa shape index (κ2) is 6.41. The van der Waals surface area contributed by atoms with E-state index in [0.29, 0.717) is 15.6 Å². The fourth-order valence-corrected chi connectivity index (χ4v) is 3.53. The van der Waals surface area contributed by atoms with E-state index in [1.807, 2.05) is 49.5 Å². The number of carbonyl (C=O) groups excluding carboxylic acids is 1. The highest BCUT2D eigenvalue weighted by molar-refractivity contribution is 6.34. The normalized spacial score (nSPS) is 22.0.